The normalized spacial score (nSPS) is 11.8. The highest BCUT2D eigenvalue weighted by atomic mass is 16.4. The van der Waals surface area contributed by atoms with Crippen LogP contribution in [0.15, 0.2) is 24.3 Å². The second kappa shape index (κ2) is 4.45. The molecule has 0 bridgehead atoms. The van der Waals surface area contributed by atoms with Crippen LogP contribution in [-0.2, 0) is 4.79 Å². The number of amides is 1. The zero-order valence-electron chi connectivity index (χ0n) is 8.06. The molecule has 80 valence electrons. The first kappa shape index (κ1) is 11.0. The number of hydrogen-bond donors (Lipinski definition) is 2. The predicted octanol–water partition coefficient (Wildman–Crippen LogP) is 0.630. The molecule has 1 atom stereocenters. The number of carbonyl (C=O) groups excluding carboxylic acids is 1. The fourth-order valence-electron chi connectivity index (χ4n) is 1.12. The van der Waals surface area contributed by atoms with Crippen LogP contribution in [0, 0.1) is 0 Å². The molecule has 1 aromatic carbocycles. The molecule has 1 aromatic rings. The van der Waals surface area contributed by atoms with E-state index in [9.17, 15) is 14.7 Å². The minimum absolute atomic E-state index is 0.358. The molecule has 1 rings (SSSR count). The maximum Gasteiger partial charge on any atom is 0.310 e. The Morgan fingerprint density at radius 2 is 1.87 bits per heavy atom. The molecular weight excluding hydrogens is 198 g/mol. The van der Waals surface area contributed by atoms with Gasteiger partial charge in [-0.15, -0.1) is 0 Å². The van der Waals surface area contributed by atoms with Crippen LogP contribution in [0.1, 0.15) is 18.4 Å². The number of aliphatic carboxylic acids is 1. The van der Waals surface area contributed by atoms with Gasteiger partial charge in [0, 0.05) is 5.69 Å². The molecule has 0 aliphatic rings. The van der Waals surface area contributed by atoms with E-state index in [4.69, 9.17) is 5.11 Å². The van der Waals surface area contributed by atoms with E-state index in [1.54, 1.807) is 19.1 Å². The number of carboxylic acid groups (broad SMARTS) is 2. The quantitative estimate of drug-likeness (QED) is 0.762. The molecule has 1 amide bonds. The van der Waals surface area contributed by atoms with Crippen molar-refractivity contribution in [3.8, 4) is 0 Å². The van der Waals surface area contributed by atoms with Crippen molar-refractivity contribution in [1.82, 2.24) is 0 Å². The molecular formula is C10H10NO4-. The van der Waals surface area contributed by atoms with Gasteiger partial charge in [-0.25, -0.2) is 0 Å². The van der Waals surface area contributed by atoms with Gasteiger partial charge in [0.15, 0.2) is 0 Å². The van der Waals surface area contributed by atoms with Gasteiger partial charge in [0.1, 0.15) is 6.09 Å². The van der Waals surface area contributed by atoms with Gasteiger partial charge < -0.3 is 20.3 Å². The molecule has 0 aromatic heterocycles. The molecule has 0 saturated heterocycles. The van der Waals surface area contributed by atoms with E-state index in [2.05, 4.69) is 5.32 Å². The van der Waals surface area contributed by atoms with Crippen molar-refractivity contribution in [3.63, 3.8) is 0 Å². The summed E-state index contributed by atoms with van der Waals surface area (Å²) in [5.41, 5.74) is 0.975. The van der Waals surface area contributed by atoms with Crippen molar-refractivity contribution in [2.24, 2.45) is 0 Å². The largest absolute Gasteiger partial charge is 0.530 e. The summed E-state index contributed by atoms with van der Waals surface area (Å²) in [4.78, 5) is 20.8. The Kier molecular flexibility index (Phi) is 3.28. The maximum atomic E-state index is 10.6. The molecule has 15 heavy (non-hydrogen) atoms. The third-order valence-corrected chi connectivity index (χ3v) is 2.03. The van der Waals surface area contributed by atoms with Gasteiger partial charge in [0.2, 0.25) is 0 Å². The number of carbonyl (C=O) groups is 2. The third-order valence-electron chi connectivity index (χ3n) is 2.03. The van der Waals surface area contributed by atoms with Gasteiger partial charge in [-0.05, 0) is 24.6 Å². The van der Waals surface area contributed by atoms with Crippen molar-refractivity contribution < 1.29 is 19.8 Å². The summed E-state index contributed by atoms with van der Waals surface area (Å²) in [6, 6.07) is 6.10. The molecule has 0 saturated carbocycles. The van der Waals surface area contributed by atoms with Crippen LogP contribution >= 0.6 is 0 Å². The van der Waals surface area contributed by atoms with Crippen LogP contribution in [0.2, 0.25) is 0 Å². The van der Waals surface area contributed by atoms with Crippen molar-refractivity contribution in [2.45, 2.75) is 12.8 Å². The van der Waals surface area contributed by atoms with Crippen LogP contribution in [-0.4, -0.2) is 17.2 Å². The Labute approximate surface area is 86.4 Å². The predicted molar refractivity (Wildman–Crippen MR) is 51.5 cm³/mol. The molecule has 0 spiro atoms. The number of benzene rings is 1. The average Bonchev–Trinajstić information content (AvgIpc) is 2.17. The van der Waals surface area contributed by atoms with Gasteiger partial charge in [-0.3, -0.25) is 4.79 Å². The fourth-order valence-corrected chi connectivity index (χ4v) is 1.12. The van der Waals surface area contributed by atoms with Gasteiger partial charge in [-0.1, -0.05) is 12.1 Å². The molecule has 0 fully saturated rings. The number of carboxylic acids is 1. The van der Waals surface area contributed by atoms with E-state index in [-0.39, 0.29) is 0 Å². The van der Waals surface area contributed by atoms with Crippen molar-refractivity contribution in [3.05, 3.63) is 29.8 Å². The lowest BCUT2D eigenvalue weighted by Crippen LogP contribution is -2.28. The lowest BCUT2D eigenvalue weighted by molar-refractivity contribution is -0.242. The fraction of sp³-hybridized carbons (Fsp3) is 0.200. The van der Waals surface area contributed by atoms with Crippen LogP contribution in [0.25, 0.3) is 0 Å². The maximum absolute atomic E-state index is 10.6. The van der Waals surface area contributed by atoms with E-state index in [0.717, 1.165) is 0 Å². The monoisotopic (exact) mass is 208 g/mol. The molecule has 5 nitrogen and oxygen atoms in total. The average molecular weight is 208 g/mol. The minimum Gasteiger partial charge on any atom is -0.530 e. The summed E-state index contributed by atoms with van der Waals surface area (Å²) in [5, 5.41) is 21.0. The number of rotatable bonds is 3. The zero-order valence-corrected chi connectivity index (χ0v) is 8.06. The second-order valence-electron chi connectivity index (χ2n) is 3.09. The highest BCUT2D eigenvalue weighted by Crippen LogP contribution is 2.17. The Balaban J connectivity index is 2.80. The van der Waals surface area contributed by atoms with Crippen molar-refractivity contribution in [2.75, 3.05) is 5.32 Å². The van der Waals surface area contributed by atoms with Gasteiger partial charge in [0.05, 0.1) is 5.92 Å². The van der Waals surface area contributed by atoms with Crippen LogP contribution in [0.3, 0.4) is 0 Å². The number of anilines is 1. The van der Waals surface area contributed by atoms with E-state index >= 15 is 0 Å². The first-order valence-corrected chi connectivity index (χ1v) is 4.31. The zero-order chi connectivity index (χ0) is 11.4. The summed E-state index contributed by atoms with van der Waals surface area (Å²) >= 11 is 0. The second-order valence-corrected chi connectivity index (χ2v) is 3.09. The number of nitrogens with one attached hydrogen (secondary N) is 1. The summed E-state index contributed by atoms with van der Waals surface area (Å²) in [5.74, 6) is -1.53. The smallest absolute Gasteiger partial charge is 0.310 e. The summed E-state index contributed by atoms with van der Waals surface area (Å²) in [7, 11) is 0. The summed E-state index contributed by atoms with van der Waals surface area (Å²) < 4.78 is 0. The summed E-state index contributed by atoms with van der Waals surface area (Å²) in [6.07, 6.45) is -1.39. The molecule has 0 aliphatic heterocycles. The lowest BCUT2D eigenvalue weighted by atomic mass is 10.0. The van der Waals surface area contributed by atoms with Crippen LogP contribution < -0.4 is 10.4 Å². The third kappa shape index (κ3) is 2.98. The highest BCUT2D eigenvalue weighted by molar-refractivity contribution is 5.81. The Hall–Kier alpha value is -2.04. The highest BCUT2D eigenvalue weighted by Gasteiger charge is 2.12. The van der Waals surface area contributed by atoms with E-state index in [0.29, 0.717) is 11.3 Å². The standard InChI is InChI=1S/C10H11NO4/c1-6(9(12)13)7-2-4-8(5-3-7)11-10(14)15/h2-6,11H,1H3,(H,12,13)(H,14,15)/p-1. The minimum atomic E-state index is -1.39. The first-order chi connectivity index (χ1) is 7.00. The van der Waals surface area contributed by atoms with Gasteiger partial charge in [0.25, 0.3) is 0 Å². The molecule has 0 radical (unpaired) electrons. The Bertz CT molecular complexity index is 372. The van der Waals surface area contributed by atoms with Crippen LogP contribution in [0.5, 0.6) is 0 Å². The molecule has 2 N–H and O–H groups in total. The SMILES string of the molecule is CC(C(=O)O)c1ccc(NC(=O)[O-])cc1. The van der Waals surface area contributed by atoms with Crippen LogP contribution in [0.4, 0.5) is 10.5 Å². The summed E-state index contributed by atoms with van der Waals surface area (Å²) in [6.45, 7) is 1.56. The molecule has 5 heteroatoms. The Morgan fingerprint density at radius 1 is 1.33 bits per heavy atom. The van der Waals surface area contributed by atoms with Gasteiger partial charge >= 0.3 is 5.97 Å². The Morgan fingerprint density at radius 3 is 2.27 bits per heavy atom. The molecule has 0 heterocycles. The van der Waals surface area contributed by atoms with E-state index < -0.39 is 18.0 Å². The topological polar surface area (TPSA) is 89.5 Å². The van der Waals surface area contributed by atoms with Crippen molar-refractivity contribution >= 4 is 17.7 Å². The molecule has 0 aliphatic carbocycles. The van der Waals surface area contributed by atoms with Gasteiger partial charge in [-0.2, -0.15) is 0 Å². The first-order valence-electron chi connectivity index (χ1n) is 4.31. The van der Waals surface area contributed by atoms with E-state index in [1.807, 2.05) is 0 Å². The lowest BCUT2D eigenvalue weighted by Gasteiger charge is -2.09. The van der Waals surface area contributed by atoms with Crippen molar-refractivity contribution in [1.29, 1.82) is 0 Å². The molecule has 1 unspecified atom stereocenters. The van der Waals surface area contributed by atoms with E-state index in [1.165, 1.54) is 12.1 Å². The number of hydrogen-bond acceptors (Lipinski definition) is 3.